The van der Waals surface area contributed by atoms with Gasteiger partial charge in [-0.05, 0) is 55.2 Å². The van der Waals surface area contributed by atoms with Crippen molar-refractivity contribution in [2.45, 2.75) is 43.4 Å². The van der Waals surface area contributed by atoms with Gasteiger partial charge in [0.05, 0.1) is 42.3 Å². The van der Waals surface area contributed by atoms with Gasteiger partial charge in [-0.25, -0.2) is 18.7 Å². The summed E-state index contributed by atoms with van der Waals surface area (Å²) in [6, 6.07) is 6.87. The fourth-order valence-electron chi connectivity index (χ4n) is 4.31. The topological polar surface area (TPSA) is 142 Å². The maximum absolute atomic E-state index is 15.0. The number of carbonyl (C=O) groups is 1. The van der Waals surface area contributed by atoms with Crippen LogP contribution in [0.2, 0.25) is 0 Å². The summed E-state index contributed by atoms with van der Waals surface area (Å²) in [5.41, 5.74) is 7.14. The molecule has 0 aliphatic heterocycles. The molecule has 1 heterocycles. The Kier molecular flexibility index (Phi) is 7.94. The number of aliphatic hydroxyl groups excluding tert-OH is 3. The largest absolute Gasteiger partial charge is 0.394 e. The minimum Gasteiger partial charge on any atom is -0.394 e. The highest BCUT2D eigenvalue weighted by Crippen LogP contribution is 2.34. The predicted molar refractivity (Wildman–Crippen MR) is 132 cm³/mol. The number of nitrogens with one attached hydrogen (secondary N) is 1. The number of rotatable bonds is 6. The molecule has 2 aromatic carbocycles. The van der Waals surface area contributed by atoms with Crippen LogP contribution >= 0.6 is 15.9 Å². The Balaban J connectivity index is 1.56. The van der Waals surface area contributed by atoms with Crippen molar-refractivity contribution in [3.8, 4) is 11.3 Å². The van der Waals surface area contributed by atoms with E-state index in [1.165, 1.54) is 30.5 Å². The highest BCUT2D eigenvalue weighted by atomic mass is 79.9. The summed E-state index contributed by atoms with van der Waals surface area (Å²) >= 11 is 3.17. The van der Waals surface area contributed by atoms with E-state index in [9.17, 15) is 24.5 Å². The average Bonchev–Trinajstić information content (AvgIpc) is 2.83. The normalized spacial score (nSPS) is 20.7. The zero-order valence-corrected chi connectivity index (χ0v) is 20.6. The van der Waals surface area contributed by atoms with Gasteiger partial charge in [-0.2, -0.15) is 0 Å². The standard InChI is InChI=1S/C25H25BrF2N4O4/c26-15-5-14(6-16(27)9-15)20(11-33)32-25(36)17-3-1-13(7-18(17)28)23-24(29)30-10-19(31-23)12-2-4-21(34)22(35)8-12/h1,3,5-7,9-10,12,20-22,33-35H,2,4,8,11H2,(H2,29,30)(H,32,36)/t12-,20?,21+,22-/m1/s1. The van der Waals surface area contributed by atoms with Crippen molar-refractivity contribution in [1.82, 2.24) is 15.3 Å². The van der Waals surface area contributed by atoms with E-state index in [2.05, 4.69) is 31.2 Å². The highest BCUT2D eigenvalue weighted by molar-refractivity contribution is 9.10. The summed E-state index contributed by atoms with van der Waals surface area (Å²) in [6.07, 6.45) is 1.22. The molecule has 1 aromatic heterocycles. The zero-order valence-electron chi connectivity index (χ0n) is 19.0. The second kappa shape index (κ2) is 11.0. The molecular weight excluding hydrogens is 538 g/mol. The highest BCUT2D eigenvalue weighted by Gasteiger charge is 2.30. The Hall–Kier alpha value is -2.99. The summed E-state index contributed by atoms with van der Waals surface area (Å²) in [7, 11) is 0. The number of aliphatic hydroxyl groups is 3. The van der Waals surface area contributed by atoms with E-state index in [-0.39, 0.29) is 23.0 Å². The van der Waals surface area contributed by atoms with Crippen molar-refractivity contribution in [1.29, 1.82) is 0 Å². The van der Waals surface area contributed by atoms with Gasteiger partial charge in [0, 0.05) is 16.0 Å². The molecule has 4 atom stereocenters. The number of anilines is 1. The number of nitrogens with zero attached hydrogens (tertiary/aromatic N) is 2. The van der Waals surface area contributed by atoms with E-state index in [1.54, 1.807) is 6.07 Å². The van der Waals surface area contributed by atoms with Gasteiger partial charge in [0.25, 0.3) is 5.91 Å². The van der Waals surface area contributed by atoms with Crippen LogP contribution in [0.1, 0.15) is 52.8 Å². The number of halogens is 3. The third-order valence-corrected chi connectivity index (χ3v) is 6.74. The molecule has 0 spiro atoms. The van der Waals surface area contributed by atoms with Gasteiger partial charge in [-0.15, -0.1) is 0 Å². The minimum atomic E-state index is -0.953. The monoisotopic (exact) mass is 562 g/mol. The molecule has 3 aromatic rings. The van der Waals surface area contributed by atoms with Gasteiger partial charge in [-0.3, -0.25) is 4.79 Å². The van der Waals surface area contributed by atoms with Gasteiger partial charge in [-0.1, -0.05) is 22.0 Å². The molecular formula is C25H25BrF2N4O4. The number of carbonyl (C=O) groups excluding carboxylic acids is 1. The number of benzene rings is 2. The second-order valence-corrected chi connectivity index (χ2v) is 9.70. The van der Waals surface area contributed by atoms with Gasteiger partial charge in [0.1, 0.15) is 23.1 Å². The van der Waals surface area contributed by atoms with Crippen molar-refractivity contribution in [2.75, 3.05) is 12.3 Å². The Morgan fingerprint density at radius 1 is 1.17 bits per heavy atom. The van der Waals surface area contributed by atoms with Crippen molar-refractivity contribution in [2.24, 2.45) is 0 Å². The first-order chi connectivity index (χ1) is 17.2. The van der Waals surface area contributed by atoms with Crippen LogP contribution in [0.3, 0.4) is 0 Å². The summed E-state index contributed by atoms with van der Waals surface area (Å²) in [5.74, 6) is -2.25. The lowest BCUT2D eigenvalue weighted by molar-refractivity contribution is -0.0153. The first kappa shape index (κ1) is 26.1. The van der Waals surface area contributed by atoms with Crippen LogP contribution in [0.15, 0.2) is 47.1 Å². The van der Waals surface area contributed by atoms with Crippen LogP contribution in [0.4, 0.5) is 14.6 Å². The Morgan fingerprint density at radius 3 is 2.61 bits per heavy atom. The summed E-state index contributed by atoms with van der Waals surface area (Å²) < 4.78 is 29.2. The number of nitrogens with two attached hydrogens (primary N) is 1. The van der Waals surface area contributed by atoms with Crippen LogP contribution in [0.5, 0.6) is 0 Å². The predicted octanol–water partition coefficient (Wildman–Crippen LogP) is 3.22. The Labute approximate surface area is 214 Å². The Morgan fingerprint density at radius 2 is 1.94 bits per heavy atom. The Bertz CT molecular complexity index is 1260. The number of hydrogen-bond acceptors (Lipinski definition) is 7. The van der Waals surface area contributed by atoms with Crippen molar-refractivity contribution >= 4 is 27.7 Å². The average molecular weight is 563 g/mol. The van der Waals surface area contributed by atoms with Crippen molar-refractivity contribution in [3.05, 3.63) is 75.5 Å². The molecule has 1 saturated carbocycles. The maximum Gasteiger partial charge on any atom is 0.254 e. The number of nitrogen functional groups attached to an aromatic ring is 1. The maximum atomic E-state index is 15.0. The van der Waals surface area contributed by atoms with Crippen LogP contribution in [-0.2, 0) is 0 Å². The van der Waals surface area contributed by atoms with Gasteiger partial charge in [0.2, 0.25) is 0 Å². The molecule has 0 bridgehead atoms. The molecule has 1 amide bonds. The third-order valence-electron chi connectivity index (χ3n) is 6.28. The van der Waals surface area contributed by atoms with Crippen LogP contribution in [-0.4, -0.2) is 50.0 Å². The molecule has 1 unspecified atom stereocenters. The fraction of sp³-hybridized carbons (Fsp3) is 0.320. The van der Waals surface area contributed by atoms with Gasteiger partial charge in [0.15, 0.2) is 0 Å². The summed E-state index contributed by atoms with van der Waals surface area (Å²) in [4.78, 5) is 21.5. The summed E-state index contributed by atoms with van der Waals surface area (Å²) in [5, 5.41) is 32.0. The van der Waals surface area contributed by atoms with E-state index < -0.39 is 42.4 Å². The second-order valence-electron chi connectivity index (χ2n) is 8.78. The number of amides is 1. The third kappa shape index (κ3) is 5.70. The van der Waals surface area contributed by atoms with E-state index in [0.717, 1.165) is 6.07 Å². The lowest BCUT2D eigenvalue weighted by Gasteiger charge is -2.29. The SMILES string of the molecule is Nc1ncc([C@@H]2CC[C@H](O)[C@H](O)C2)nc1-c1ccc(C(=O)NC(CO)c2cc(F)cc(Br)c2)c(F)c1. The molecule has 1 fully saturated rings. The minimum absolute atomic E-state index is 0.0729. The molecule has 0 saturated heterocycles. The quantitative estimate of drug-likeness (QED) is 0.310. The first-order valence-electron chi connectivity index (χ1n) is 11.3. The molecule has 190 valence electrons. The van der Waals surface area contributed by atoms with E-state index in [0.29, 0.717) is 40.6 Å². The van der Waals surface area contributed by atoms with Gasteiger partial charge < -0.3 is 26.4 Å². The van der Waals surface area contributed by atoms with E-state index in [4.69, 9.17) is 5.73 Å². The van der Waals surface area contributed by atoms with Crippen molar-refractivity contribution < 1.29 is 28.9 Å². The zero-order chi connectivity index (χ0) is 26.0. The van der Waals surface area contributed by atoms with Crippen LogP contribution in [0, 0.1) is 11.6 Å². The fourth-order valence-corrected chi connectivity index (χ4v) is 4.80. The first-order valence-corrected chi connectivity index (χ1v) is 12.1. The van der Waals surface area contributed by atoms with Crippen LogP contribution in [0.25, 0.3) is 11.3 Å². The molecule has 4 rings (SSSR count). The van der Waals surface area contributed by atoms with E-state index in [1.807, 2.05) is 0 Å². The van der Waals surface area contributed by atoms with Crippen molar-refractivity contribution in [3.63, 3.8) is 0 Å². The molecule has 1 aliphatic rings. The molecule has 11 heteroatoms. The molecule has 6 N–H and O–H groups in total. The molecule has 1 aliphatic carbocycles. The summed E-state index contributed by atoms with van der Waals surface area (Å²) in [6.45, 7) is -0.521. The molecule has 8 nitrogen and oxygen atoms in total. The smallest absolute Gasteiger partial charge is 0.254 e. The number of aromatic nitrogens is 2. The number of hydrogen-bond donors (Lipinski definition) is 5. The van der Waals surface area contributed by atoms with Crippen LogP contribution < -0.4 is 11.1 Å². The van der Waals surface area contributed by atoms with E-state index >= 15 is 4.39 Å². The molecule has 0 radical (unpaired) electrons. The lowest BCUT2D eigenvalue weighted by Crippen LogP contribution is -2.33. The lowest BCUT2D eigenvalue weighted by atomic mass is 9.83. The van der Waals surface area contributed by atoms with Gasteiger partial charge >= 0.3 is 0 Å². The molecule has 36 heavy (non-hydrogen) atoms.